The standard InChI is InChI=1S/C43H52N12O8/c1-9-54-30(18-24(3)50-54)39(59)48-41-46-28-20-26(37(44)57)22-32(61-8)35(28)52(41)15-11-12-16-53-36-29(47-42(53)49-40(60)31-19-25(4)51-55(31)10-2)21-27(38(45)58)23-33(36)62-17-13-14-34(56)63-43(5,6)7/h11-12,18-23H,9-10,13-17H2,1-8H3,(H2,44,57)(H2,45,58)(H,46,48,59)(H,47,49,60)/b12-11+. The Morgan fingerprint density at radius 1 is 0.714 bits per heavy atom. The maximum Gasteiger partial charge on any atom is 0.306 e. The smallest absolute Gasteiger partial charge is 0.306 e. The first kappa shape index (κ1) is 45.0. The molecule has 0 saturated heterocycles. The molecule has 0 aliphatic rings. The fraction of sp³-hybridized carbons (Fsp3) is 0.372. The van der Waals surface area contributed by atoms with Gasteiger partial charge in [-0.05, 0) is 91.3 Å². The lowest BCUT2D eigenvalue weighted by Crippen LogP contribution is -2.24. The predicted octanol–water partition coefficient (Wildman–Crippen LogP) is 4.90. The molecule has 0 atom stereocenters. The molecule has 63 heavy (non-hydrogen) atoms. The number of allylic oxidation sites excluding steroid dienone is 2. The molecule has 4 amide bonds. The highest BCUT2D eigenvalue weighted by Crippen LogP contribution is 2.33. The lowest BCUT2D eigenvalue weighted by molar-refractivity contribution is -0.155. The zero-order valence-corrected chi connectivity index (χ0v) is 36.6. The van der Waals surface area contributed by atoms with Crippen molar-refractivity contribution in [2.75, 3.05) is 24.4 Å². The Morgan fingerprint density at radius 3 is 1.60 bits per heavy atom. The lowest BCUT2D eigenvalue weighted by Gasteiger charge is -2.19. The van der Waals surface area contributed by atoms with Gasteiger partial charge in [-0.3, -0.25) is 44.0 Å². The molecule has 20 nitrogen and oxygen atoms in total. The fourth-order valence-corrected chi connectivity index (χ4v) is 6.98. The first-order valence-corrected chi connectivity index (χ1v) is 20.3. The number of methoxy groups -OCH3 is 1. The predicted molar refractivity (Wildman–Crippen MR) is 234 cm³/mol. The molecule has 2 aromatic carbocycles. The fourth-order valence-electron chi connectivity index (χ4n) is 6.98. The van der Waals surface area contributed by atoms with E-state index in [2.05, 4.69) is 25.8 Å². The summed E-state index contributed by atoms with van der Waals surface area (Å²) in [6.07, 6.45) is 4.01. The third kappa shape index (κ3) is 10.2. The molecular formula is C43H52N12O8. The second-order valence-electron chi connectivity index (χ2n) is 15.6. The number of aryl methyl sites for hydroxylation is 4. The topological polar surface area (TPSA) is 260 Å². The molecule has 0 fully saturated rings. The summed E-state index contributed by atoms with van der Waals surface area (Å²) in [5.41, 5.74) is 14.5. The van der Waals surface area contributed by atoms with E-state index in [9.17, 15) is 24.0 Å². The van der Waals surface area contributed by atoms with E-state index in [4.69, 9.17) is 30.7 Å². The Morgan fingerprint density at radius 2 is 1.17 bits per heavy atom. The van der Waals surface area contributed by atoms with Crippen LogP contribution in [-0.2, 0) is 35.7 Å². The van der Waals surface area contributed by atoms with Gasteiger partial charge in [0.1, 0.15) is 39.5 Å². The van der Waals surface area contributed by atoms with E-state index in [1.165, 1.54) is 31.4 Å². The van der Waals surface area contributed by atoms with Crippen molar-refractivity contribution in [3.05, 3.63) is 82.5 Å². The number of aromatic nitrogens is 8. The maximum atomic E-state index is 13.8. The van der Waals surface area contributed by atoms with Crippen LogP contribution in [0.5, 0.6) is 11.5 Å². The zero-order valence-electron chi connectivity index (χ0n) is 36.6. The third-order valence-electron chi connectivity index (χ3n) is 9.67. The number of imidazole rings is 2. The number of anilines is 2. The Bertz CT molecular complexity index is 2770. The van der Waals surface area contributed by atoms with Crippen LogP contribution in [0.15, 0.2) is 48.6 Å². The number of hydrogen-bond acceptors (Lipinski definition) is 12. The van der Waals surface area contributed by atoms with Gasteiger partial charge in [-0.25, -0.2) is 9.97 Å². The number of nitrogens with one attached hydrogen (secondary N) is 2. The minimum absolute atomic E-state index is 0.0777. The highest BCUT2D eigenvalue weighted by molar-refractivity contribution is 6.05. The van der Waals surface area contributed by atoms with Crippen LogP contribution >= 0.6 is 0 Å². The van der Waals surface area contributed by atoms with Gasteiger partial charge >= 0.3 is 5.97 Å². The van der Waals surface area contributed by atoms with Gasteiger partial charge < -0.3 is 34.8 Å². The molecule has 0 radical (unpaired) electrons. The number of carbonyl (C=O) groups is 5. The molecule has 6 aromatic rings. The van der Waals surface area contributed by atoms with E-state index in [1.807, 2.05) is 26.0 Å². The molecule has 332 valence electrons. The number of primary amides is 2. The van der Waals surface area contributed by atoms with Crippen molar-refractivity contribution < 1.29 is 38.2 Å². The van der Waals surface area contributed by atoms with Gasteiger partial charge in [0.25, 0.3) is 11.8 Å². The van der Waals surface area contributed by atoms with Crippen molar-refractivity contribution in [1.82, 2.24) is 38.7 Å². The Balaban J connectivity index is 1.39. The largest absolute Gasteiger partial charge is 0.494 e. The van der Waals surface area contributed by atoms with Crippen LogP contribution in [0.2, 0.25) is 0 Å². The van der Waals surface area contributed by atoms with Crippen molar-refractivity contribution in [2.45, 2.75) is 93.1 Å². The quantitative estimate of drug-likeness (QED) is 0.0511. The molecule has 20 heteroatoms. The first-order chi connectivity index (χ1) is 29.9. The summed E-state index contributed by atoms with van der Waals surface area (Å²) in [4.78, 5) is 74.0. The monoisotopic (exact) mass is 864 g/mol. The average Bonchev–Trinajstić information content (AvgIpc) is 3.99. The van der Waals surface area contributed by atoms with Crippen LogP contribution < -0.4 is 31.6 Å². The normalized spacial score (nSPS) is 11.7. The highest BCUT2D eigenvalue weighted by Gasteiger charge is 2.24. The molecule has 0 spiro atoms. The van der Waals surface area contributed by atoms with Gasteiger partial charge in [0.15, 0.2) is 0 Å². The van der Waals surface area contributed by atoms with E-state index >= 15 is 0 Å². The minimum atomic E-state index is -0.721. The number of hydrogen-bond donors (Lipinski definition) is 4. The average molecular weight is 865 g/mol. The number of rotatable bonds is 18. The number of benzene rings is 2. The summed E-state index contributed by atoms with van der Waals surface area (Å²) in [6, 6.07) is 9.36. The number of amides is 4. The van der Waals surface area contributed by atoms with Crippen LogP contribution in [0.3, 0.4) is 0 Å². The second-order valence-corrected chi connectivity index (χ2v) is 15.6. The van der Waals surface area contributed by atoms with Crippen LogP contribution in [0.4, 0.5) is 11.9 Å². The molecule has 6 N–H and O–H groups in total. The molecule has 4 heterocycles. The molecule has 0 aliphatic carbocycles. The highest BCUT2D eigenvalue weighted by atomic mass is 16.6. The third-order valence-corrected chi connectivity index (χ3v) is 9.67. The SMILES string of the molecule is CCn1nc(C)cc1C(=O)Nc1nc2cc(C(N)=O)cc(OC)c2n1C/C=C/Cn1c(NC(=O)c2cc(C)nn2CC)nc2cc(C(N)=O)cc(OCCCC(=O)OC(C)(C)C)c21. The molecular weight excluding hydrogens is 813 g/mol. The lowest BCUT2D eigenvalue weighted by atomic mass is 10.1. The van der Waals surface area contributed by atoms with Crippen molar-refractivity contribution in [2.24, 2.45) is 11.5 Å². The summed E-state index contributed by atoms with van der Waals surface area (Å²) in [5, 5.41) is 14.6. The van der Waals surface area contributed by atoms with Gasteiger partial charge in [0.2, 0.25) is 23.7 Å². The Kier molecular flexibility index (Phi) is 13.3. The van der Waals surface area contributed by atoms with Gasteiger partial charge in [0, 0.05) is 43.7 Å². The van der Waals surface area contributed by atoms with Crippen LogP contribution in [0.1, 0.15) is 101 Å². The first-order valence-electron chi connectivity index (χ1n) is 20.3. The van der Waals surface area contributed by atoms with Crippen LogP contribution in [-0.4, -0.2) is 87.6 Å². The molecule has 0 aliphatic heterocycles. The summed E-state index contributed by atoms with van der Waals surface area (Å²) in [6.45, 7) is 13.9. The number of carbonyl (C=O) groups excluding carboxylic acids is 5. The zero-order chi connectivity index (χ0) is 45.7. The van der Waals surface area contributed by atoms with E-state index in [-0.39, 0.29) is 60.9 Å². The Hall–Kier alpha value is -7.51. The van der Waals surface area contributed by atoms with Gasteiger partial charge in [-0.1, -0.05) is 12.2 Å². The van der Waals surface area contributed by atoms with Crippen LogP contribution in [0.25, 0.3) is 22.1 Å². The van der Waals surface area contributed by atoms with Crippen LogP contribution in [0, 0.1) is 13.8 Å². The van der Waals surface area contributed by atoms with E-state index < -0.39 is 29.2 Å². The van der Waals surface area contributed by atoms with Gasteiger partial charge in [-0.2, -0.15) is 10.2 Å². The number of nitrogens with zero attached hydrogens (tertiary/aromatic N) is 8. The number of fused-ring (bicyclic) bond motifs is 2. The second kappa shape index (κ2) is 18.6. The van der Waals surface area contributed by atoms with E-state index in [0.29, 0.717) is 70.1 Å². The number of nitrogens with two attached hydrogens (primary N) is 2. The molecule has 0 bridgehead atoms. The maximum absolute atomic E-state index is 13.8. The summed E-state index contributed by atoms with van der Waals surface area (Å²) in [5.74, 6) is -1.89. The van der Waals surface area contributed by atoms with Crippen molar-refractivity contribution in [3.8, 4) is 11.5 Å². The minimum Gasteiger partial charge on any atom is -0.494 e. The molecule has 6 rings (SSSR count). The summed E-state index contributed by atoms with van der Waals surface area (Å²) in [7, 11) is 1.45. The van der Waals surface area contributed by atoms with Crippen molar-refractivity contribution in [1.29, 1.82) is 0 Å². The van der Waals surface area contributed by atoms with E-state index in [1.54, 1.807) is 65.2 Å². The summed E-state index contributed by atoms with van der Waals surface area (Å²) >= 11 is 0. The van der Waals surface area contributed by atoms with Gasteiger partial charge in [-0.15, -0.1) is 0 Å². The van der Waals surface area contributed by atoms with Crippen molar-refractivity contribution in [3.63, 3.8) is 0 Å². The number of esters is 1. The summed E-state index contributed by atoms with van der Waals surface area (Å²) < 4.78 is 23.9. The Labute approximate surface area is 362 Å². The molecule has 0 saturated carbocycles. The molecule has 0 unspecified atom stereocenters. The van der Waals surface area contributed by atoms with Gasteiger partial charge in [0.05, 0.1) is 36.1 Å². The number of ether oxygens (including phenoxy) is 3. The molecule has 4 aromatic heterocycles. The van der Waals surface area contributed by atoms with Crippen molar-refractivity contribution >= 4 is 63.6 Å². The van der Waals surface area contributed by atoms with E-state index in [0.717, 1.165) is 0 Å².